The minimum atomic E-state index is -1.01. The van der Waals surface area contributed by atoms with Gasteiger partial charge in [-0.15, -0.1) is 0 Å². The molecule has 1 aromatic heterocycles. The van der Waals surface area contributed by atoms with Gasteiger partial charge < -0.3 is 5.11 Å². The number of benzene rings is 1. The van der Waals surface area contributed by atoms with Gasteiger partial charge in [0, 0.05) is 6.42 Å². The number of carbonyl (C=O) groups is 1. The molecule has 2 aromatic rings. The largest absolute Gasteiger partial charge is 0.381 e. The Hall–Kier alpha value is -1.45. The molecule has 82 valence electrons. The van der Waals surface area contributed by atoms with Crippen LogP contribution in [0.2, 0.25) is 0 Å². The van der Waals surface area contributed by atoms with Crippen LogP contribution in [0.1, 0.15) is 17.2 Å². The molecule has 2 rings (SSSR count). The molecule has 16 heavy (non-hydrogen) atoms. The minimum Gasteiger partial charge on any atom is -0.381 e. The van der Waals surface area contributed by atoms with E-state index in [1.807, 2.05) is 35.0 Å². The predicted octanol–water partition coefficient (Wildman–Crippen LogP) is 2.59. The van der Waals surface area contributed by atoms with Gasteiger partial charge in [-0.3, -0.25) is 4.79 Å². The average molecular weight is 232 g/mol. The molecule has 0 radical (unpaired) electrons. The number of Topliss-reactive ketones (excluding diaryl/α,β-unsaturated/α-hetero) is 1. The number of hydrogen-bond acceptors (Lipinski definition) is 3. The van der Waals surface area contributed by atoms with Gasteiger partial charge in [-0.1, -0.05) is 30.3 Å². The third-order valence-electron chi connectivity index (χ3n) is 2.38. The molecule has 1 atom stereocenters. The highest BCUT2D eigenvalue weighted by atomic mass is 32.1. The molecule has 0 fully saturated rings. The number of aliphatic hydroxyl groups is 1. The van der Waals surface area contributed by atoms with Crippen LogP contribution in [0, 0.1) is 0 Å². The van der Waals surface area contributed by atoms with Gasteiger partial charge in [0.2, 0.25) is 0 Å². The summed E-state index contributed by atoms with van der Waals surface area (Å²) in [7, 11) is 0. The number of carbonyl (C=O) groups excluding carboxylic acids is 1. The van der Waals surface area contributed by atoms with E-state index in [-0.39, 0.29) is 5.78 Å². The van der Waals surface area contributed by atoms with Crippen molar-refractivity contribution in [3.8, 4) is 0 Å². The van der Waals surface area contributed by atoms with E-state index in [0.29, 0.717) is 12.0 Å². The van der Waals surface area contributed by atoms with Crippen molar-refractivity contribution < 1.29 is 9.90 Å². The Morgan fingerprint density at radius 2 is 2.00 bits per heavy atom. The number of hydrogen-bond donors (Lipinski definition) is 1. The standard InChI is InChI=1S/C13H12O2S/c14-12(8-10-6-7-16-9-10)13(15)11-4-2-1-3-5-11/h1-7,9,13,15H,8H2. The summed E-state index contributed by atoms with van der Waals surface area (Å²) >= 11 is 1.56. The lowest BCUT2D eigenvalue weighted by molar-refractivity contribution is -0.126. The summed E-state index contributed by atoms with van der Waals surface area (Å²) in [6.07, 6.45) is -0.722. The van der Waals surface area contributed by atoms with Crippen LogP contribution in [0.4, 0.5) is 0 Å². The normalized spacial score (nSPS) is 12.3. The van der Waals surface area contributed by atoms with E-state index in [1.165, 1.54) is 0 Å². The van der Waals surface area contributed by atoms with E-state index >= 15 is 0 Å². The van der Waals surface area contributed by atoms with Crippen molar-refractivity contribution >= 4 is 17.1 Å². The number of ketones is 1. The van der Waals surface area contributed by atoms with Crippen molar-refractivity contribution in [1.29, 1.82) is 0 Å². The van der Waals surface area contributed by atoms with Crippen LogP contribution >= 0.6 is 11.3 Å². The molecule has 1 N–H and O–H groups in total. The van der Waals surface area contributed by atoms with Crippen LogP contribution in [-0.2, 0) is 11.2 Å². The first-order valence-electron chi connectivity index (χ1n) is 5.04. The summed E-state index contributed by atoms with van der Waals surface area (Å²) in [5.74, 6) is -0.162. The monoisotopic (exact) mass is 232 g/mol. The maximum absolute atomic E-state index is 11.8. The first-order valence-corrected chi connectivity index (χ1v) is 5.98. The molecule has 0 spiro atoms. The number of rotatable bonds is 4. The number of aliphatic hydroxyl groups excluding tert-OH is 1. The molecule has 0 aliphatic heterocycles. The lowest BCUT2D eigenvalue weighted by atomic mass is 10.0. The van der Waals surface area contributed by atoms with Crippen molar-refractivity contribution in [2.75, 3.05) is 0 Å². The molecule has 1 unspecified atom stereocenters. The molecule has 2 nitrogen and oxygen atoms in total. The van der Waals surface area contributed by atoms with Gasteiger partial charge in [0.25, 0.3) is 0 Å². The van der Waals surface area contributed by atoms with Gasteiger partial charge in [0.05, 0.1) is 0 Å². The van der Waals surface area contributed by atoms with Crippen LogP contribution < -0.4 is 0 Å². The molecular weight excluding hydrogens is 220 g/mol. The Balaban J connectivity index is 2.05. The molecule has 1 aromatic carbocycles. The van der Waals surface area contributed by atoms with Crippen LogP contribution in [0.15, 0.2) is 47.2 Å². The molecule has 3 heteroatoms. The summed E-state index contributed by atoms with van der Waals surface area (Å²) in [6, 6.07) is 10.9. The highest BCUT2D eigenvalue weighted by molar-refractivity contribution is 7.07. The second kappa shape index (κ2) is 5.05. The van der Waals surface area contributed by atoms with Crippen LogP contribution in [0.3, 0.4) is 0 Å². The zero-order chi connectivity index (χ0) is 11.4. The Kier molecular flexibility index (Phi) is 3.49. The molecule has 0 saturated heterocycles. The quantitative estimate of drug-likeness (QED) is 0.879. The van der Waals surface area contributed by atoms with Crippen LogP contribution in [-0.4, -0.2) is 10.9 Å². The summed E-state index contributed by atoms with van der Waals surface area (Å²) in [5, 5.41) is 13.7. The molecule has 0 amide bonds. The Bertz CT molecular complexity index is 448. The molecule has 0 bridgehead atoms. The van der Waals surface area contributed by atoms with Gasteiger partial charge in [-0.25, -0.2) is 0 Å². The first kappa shape index (κ1) is 11.0. The third kappa shape index (κ3) is 2.56. The van der Waals surface area contributed by atoms with Crippen molar-refractivity contribution in [3.05, 3.63) is 58.3 Å². The van der Waals surface area contributed by atoms with Crippen molar-refractivity contribution in [1.82, 2.24) is 0 Å². The van der Waals surface area contributed by atoms with E-state index in [1.54, 1.807) is 23.5 Å². The molecule has 0 aliphatic rings. The summed E-state index contributed by atoms with van der Waals surface area (Å²) in [6.45, 7) is 0. The molecule has 0 aliphatic carbocycles. The van der Waals surface area contributed by atoms with E-state index < -0.39 is 6.10 Å². The number of thiophene rings is 1. The lowest BCUT2D eigenvalue weighted by Gasteiger charge is -2.08. The first-order chi connectivity index (χ1) is 7.77. The van der Waals surface area contributed by atoms with Gasteiger partial charge >= 0.3 is 0 Å². The molecule has 0 saturated carbocycles. The van der Waals surface area contributed by atoms with E-state index in [0.717, 1.165) is 5.56 Å². The van der Waals surface area contributed by atoms with E-state index in [4.69, 9.17) is 0 Å². The van der Waals surface area contributed by atoms with Gasteiger partial charge in [-0.05, 0) is 28.0 Å². The van der Waals surface area contributed by atoms with Crippen LogP contribution in [0.25, 0.3) is 0 Å². The fourth-order valence-corrected chi connectivity index (χ4v) is 2.18. The molecular formula is C13H12O2S. The fourth-order valence-electron chi connectivity index (χ4n) is 1.51. The SMILES string of the molecule is O=C(Cc1ccsc1)C(O)c1ccccc1. The molecule has 1 heterocycles. The second-order valence-electron chi connectivity index (χ2n) is 3.59. The maximum atomic E-state index is 11.8. The van der Waals surface area contributed by atoms with Crippen molar-refractivity contribution in [2.45, 2.75) is 12.5 Å². The summed E-state index contributed by atoms with van der Waals surface area (Å²) < 4.78 is 0. The zero-order valence-electron chi connectivity index (χ0n) is 8.67. The van der Waals surface area contributed by atoms with E-state index in [9.17, 15) is 9.90 Å². The van der Waals surface area contributed by atoms with Crippen LogP contribution in [0.5, 0.6) is 0 Å². The zero-order valence-corrected chi connectivity index (χ0v) is 9.48. The van der Waals surface area contributed by atoms with E-state index in [2.05, 4.69) is 0 Å². The highest BCUT2D eigenvalue weighted by Gasteiger charge is 2.17. The predicted molar refractivity (Wildman–Crippen MR) is 64.4 cm³/mol. The topological polar surface area (TPSA) is 37.3 Å². The van der Waals surface area contributed by atoms with Gasteiger partial charge in [0.1, 0.15) is 6.10 Å². The Morgan fingerprint density at radius 3 is 2.62 bits per heavy atom. The summed E-state index contributed by atoms with van der Waals surface area (Å²) in [5.41, 5.74) is 1.62. The second-order valence-corrected chi connectivity index (χ2v) is 4.37. The summed E-state index contributed by atoms with van der Waals surface area (Å²) in [4.78, 5) is 11.8. The Labute approximate surface area is 98.2 Å². The lowest BCUT2D eigenvalue weighted by Crippen LogP contribution is -2.14. The third-order valence-corrected chi connectivity index (χ3v) is 3.11. The van der Waals surface area contributed by atoms with Crippen molar-refractivity contribution in [3.63, 3.8) is 0 Å². The maximum Gasteiger partial charge on any atom is 0.170 e. The highest BCUT2D eigenvalue weighted by Crippen LogP contribution is 2.16. The van der Waals surface area contributed by atoms with Crippen molar-refractivity contribution in [2.24, 2.45) is 0 Å². The fraction of sp³-hybridized carbons (Fsp3) is 0.154. The van der Waals surface area contributed by atoms with Gasteiger partial charge in [0.15, 0.2) is 5.78 Å². The van der Waals surface area contributed by atoms with Gasteiger partial charge in [-0.2, -0.15) is 11.3 Å². The Morgan fingerprint density at radius 1 is 1.25 bits per heavy atom. The average Bonchev–Trinajstić information content (AvgIpc) is 2.82. The minimum absolute atomic E-state index is 0.162. The smallest absolute Gasteiger partial charge is 0.170 e.